The van der Waals surface area contributed by atoms with E-state index in [1.165, 1.54) is 25.7 Å². The van der Waals surface area contributed by atoms with Crippen LogP contribution in [-0.4, -0.2) is 39.8 Å². The Labute approximate surface area is 129 Å². The number of methoxy groups -OCH3 is 1. The van der Waals surface area contributed by atoms with E-state index in [2.05, 4.69) is 29.5 Å². The first-order valence-electron chi connectivity index (χ1n) is 6.71. The van der Waals surface area contributed by atoms with Crippen LogP contribution in [0.25, 0.3) is 0 Å². The summed E-state index contributed by atoms with van der Waals surface area (Å²) in [5, 5.41) is 6.59. The molecular formula is C13H30IN3O. The SMILES string of the molecule is CCCCC(CC)CNC(=NC)NCCOC.I. The molecule has 0 aliphatic rings. The van der Waals surface area contributed by atoms with Crippen LogP contribution in [0.3, 0.4) is 0 Å². The molecule has 0 aromatic rings. The van der Waals surface area contributed by atoms with Gasteiger partial charge in [0.1, 0.15) is 0 Å². The summed E-state index contributed by atoms with van der Waals surface area (Å²) in [5.41, 5.74) is 0. The zero-order valence-electron chi connectivity index (χ0n) is 12.3. The van der Waals surface area contributed by atoms with Gasteiger partial charge in [0.15, 0.2) is 5.96 Å². The zero-order chi connectivity index (χ0) is 12.9. The summed E-state index contributed by atoms with van der Waals surface area (Å²) >= 11 is 0. The average Bonchev–Trinajstić information content (AvgIpc) is 2.36. The van der Waals surface area contributed by atoms with E-state index in [1.807, 2.05) is 0 Å². The van der Waals surface area contributed by atoms with E-state index in [4.69, 9.17) is 4.74 Å². The van der Waals surface area contributed by atoms with Gasteiger partial charge in [0, 0.05) is 27.2 Å². The van der Waals surface area contributed by atoms with Crippen LogP contribution in [0.5, 0.6) is 0 Å². The molecule has 0 heterocycles. The molecule has 0 amide bonds. The Morgan fingerprint density at radius 1 is 1.28 bits per heavy atom. The highest BCUT2D eigenvalue weighted by molar-refractivity contribution is 14.0. The van der Waals surface area contributed by atoms with Crippen LogP contribution in [0.2, 0.25) is 0 Å². The summed E-state index contributed by atoms with van der Waals surface area (Å²) < 4.78 is 4.99. The number of ether oxygens (including phenoxy) is 1. The molecule has 0 spiro atoms. The highest BCUT2D eigenvalue weighted by Crippen LogP contribution is 2.10. The van der Waals surface area contributed by atoms with E-state index < -0.39 is 0 Å². The Hall–Kier alpha value is -0.0400. The minimum absolute atomic E-state index is 0. The van der Waals surface area contributed by atoms with Crippen LogP contribution < -0.4 is 10.6 Å². The van der Waals surface area contributed by atoms with Crippen LogP contribution in [0, 0.1) is 5.92 Å². The molecule has 0 saturated carbocycles. The molecule has 0 rings (SSSR count). The normalized spacial score (nSPS) is 12.8. The fraction of sp³-hybridized carbons (Fsp3) is 0.923. The van der Waals surface area contributed by atoms with E-state index in [-0.39, 0.29) is 24.0 Å². The number of halogens is 1. The largest absolute Gasteiger partial charge is 0.383 e. The summed E-state index contributed by atoms with van der Waals surface area (Å²) in [4.78, 5) is 4.19. The molecule has 18 heavy (non-hydrogen) atoms. The van der Waals surface area contributed by atoms with Crippen LogP contribution in [0.15, 0.2) is 4.99 Å². The number of hydrogen-bond acceptors (Lipinski definition) is 2. The van der Waals surface area contributed by atoms with E-state index in [0.717, 1.165) is 25.0 Å². The second-order valence-corrected chi connectivity index (χ2v) is 4.29. The van der Waals surface area contributed by atoms with Gasteiger partial charge in [-0.2, -0.15) is 0 Å². The first-order chi connectivity index (χ1) is 8.28. The second-order valence-electron chi connectivity index (χ2n) is 4.29. The van der Waals surface area contributed by atoms with Gasteiger partial charge in [-0.15, -0.1) is 24.0 Å². The molecule has 1 atom stereocenters. The van der Waals surface area contributed by atoms with Crippen molar-refractivity contribution < 1.29 is 4.74 Å². The third-order valence-electron chi connectivity index (χ3n) is 2.92. The lowest BCUT2D eigenvalue weighted by molar-refractivity contribution is 0.203. The minimum atomic E-state index is 0. The lowest BCUT2D eigenvalue weighted by Crippen LogP contribution is -2.41. The number of aliphatic imine (C=N–C) groups is 1. The van der Waals surface area contributed by atoms with E-state index in [1.54, 1.807) is 14.2 Å². The first-order valence-corrected chi connectivity index (χ1v) is 6.71. The van der Waals surface area contributed by atoms with Gasteiger partial charge in [-0.3, -0.25) is 4.99 Å². The van der Waals surface area contributed by atoms with E-state index in [9.17, 15) is 0 Å². The molecule has 1 unspecified atom stereocenters. The third kappa shape index (κ3) is 11.1. The van der Waals surface area contributed by atoms with Crippen molar-refractivity contribution in [3.05, 3.63) is 0 Å². The van der Waals surface area contributed by atoms with E-state index >= 15 is 0 Å². The van der Waals surface area contributed by atoms with Gasteiger partial charge >= 0.3 is 0 Å². The fourth-order valence-corrected chi connectivity index (χ4v) is 1.68. The monoisotopic (exact) mass is 371 g/mol. The Kier molecular flexibility index (Phi) is 16.9. The summed E-state index contributed by atoms with van der Waals surface area (Å²) in [5.74, 6) is 1.62. The Morgan fingerprint density at radius 3 is 2.50 bits per heavy atom. The maximum Gasteiger partial charge on any atom is 0.191 e. The topological polar surface area (TPSA) is 45.7 Å². The molecule has 5 heteroatoms. The smallest absolute Gasteiger partial charge is 0.191 e. The van der Waals surface area contributed by atoms with Gasteiger partial charge < -0.3 is 15.4 Å². The molecule has 0 aromatic carbocycles. The van der Waals surface area contributed by atoms with Crippen molar-refractivity contribution in [2.75, 3.05) is 33.9 Å². The van der Waals surface area contributed by atoms with Crippen LogP contribution >= 0.6 is 24.0 Å². The maximum absolute atomic E-state index is 4.99. The van der Waals surface area contributed by atoms with Crippen molar-refractivity contribution >= 4 is 29.9 Å². The number of nitrogens with zero attached hydrogens (tertiary/aromatic N) is 1. The van der Waals surface area contributed by atoms with Gasteiger partial charge in [-0.05, 0) is 12.3 Å². The molecule has 4 nitrogen and oxygen atoms in total. The predicted molar refractivity (Wildman–Crippen MR) is 90.0 cm³/mol. The maximum atomic E-state index is 4.99. The van der Waals surface area contributed by atoms with E-state index in [0.29, 0.717) is 6.61 Å². The first kappa shape index (κ1) is 20.3. The zero-order valence-corrected chi connectivity index (χ0v) is 14.6. The summed E-state index contributed by atoms with van der Waals surface area (Å²) in [6.45, 7) is 6.99. The second kappa shape index (κ2) is 15.0. The lowest BCUT2D eigenvalue weighted by atomic mass is 9.99. The Bertz CT molecular complexity index is 201. The summed E-state index contributed by atoms with van der Waals surface area (Å²) in [6.07, 6.45) is 5.12. The number of nitrogens with one attached hydrogen (secondary N) is 2. The van der Waals surface area contributed by atoms with Gasteiger partial charge in [0.2, 0.25) is 0 Å². The number of hydrogen-bond donors (Lipinski definition) is 2. The molecule has 0 radical (unpaired) electrons. The van der Waals surface area contributed by atoms with Crippen molar-refractivity contribution in [2.24, 2.45) is 10.9 Å². The summed E-state index contributed by atoms with van der Waals surface area (Å²) in [6, 6.07) is 0. The Balaban J connectivity index is 0. The number of guanidine groups is 1. The van der Waals surface area contributed by atoms with Crippen LogP contribution in [0.4, 0.5) is 0 Å². The number of rotatable bonds is 9. The van der Waals surface area contributed by atoms with Crippen molar-refractivity contribution in [3.8, 4) is 0 Å². The summed E-state index contributed by atoms with van der Waals surface area (Å²) in [7, 11) is 3.50. The molecule has 110 valence electrons. The van der Waals surface area contributed by atoms with Gasteiger partial charge in [0.05, 0.1) is 6.61 Å². The molecule has 0 aliphatic carbocycles. The van der Waals surface area contributed by atoms with Crippen LogP contribution in [0.1, 0.15) is 39.5 Å². The lowest BCUT2D eigenvalue weighted by Gasteiger charge is -2.17. The van der Waals surface area contributed by atoms with Gasteiger partial charge in [-0.1, -0.05) is 33.1 Å². The van der Waals surface area contributed by atoms with Crippen molar-refractivity contribution in [1.82, 2.24) is 10.6 Å². The minimum Gasteiger partial charge on any atom is -0.383 e. The molecule has 0 bridgehead atoms. The fourth-order valence-electron chi connectivity index (χ4n) is 1.68. The number of unbranched alkanes of at least 4 members (excludes halogenated alkanes) is 1. The standard InChI is InChI=1S/C13H29N3O.HI/c1-5-7-8-12(6-2)11-16-13(14-3)15-9-10-17-4;/h12H,5-11H2,1-4H3,(H2,14,15,16);1H. The molecule has 0 fully saturated rings. The van der Waals surface area contributed by atoms with Crippen molar-refractivity contribution in [2.45, 2.75) is 39.5 Å². The van der Waals surface area contributed by atoms with Crippen LogP contribution in [-0.2, 0) is 4.74 Å². The molecular weight excluding hydrogens is 341 g/mol. The third-order valence-corrected chi connectivity index (χ3v) is 2.92. The predicted octanol–water partition coefficient (Wildman–Crippen LogP) is 2.63. The van der Waals surface area contributed by atoms with Gasteiger partial charge in [-0.25, -0.2) is 0 Å². The molecule has 0 aliphatic heterocycles. The van der Waals surface area contributed by atoms with Gasteiger partial charge in [0.25, 0.3) is 0 Å². The Morgan fingerprint density at radius 2 is 2.00 bits per heavy atom. The molecule has 0 aromatic heterocycles. The molecule has 0 saturated heterocycles. The average molecular weight is 371 g/mol. The highest BCUT2D eigenvalue weighted by atomic mass is 127. The van der Waals surface area contributed by atoms with Crippen molar-refractivity contribution in [3.63, 3.8) is 0 Å². The highest BCUT2D eigenvalue weighted by Gasteiger charge is 2.06. The van der Waals surface area contributed by atoms with Crippen molar-refractivity contribution in [1.29, 1.82) is 0 Å². The molecule has 2 N–H and O–H groups in total. The quantitative estimate of drug-likeness (QED) is 0.284.